The Balaban J connectivity index is 3.01. The number of hydrogen-bond donors (Lipinski definition) is 2. The number of hydrogen-bond acceptors (Lipinski definition) is 5. The van der Waals surface area contributed by atoms with Crippen molar-refractivity contribution in [1.82, 2.24) is 10.0 Å². The Hall–Kier alpha value is -1.22. The molecule has 0 aliphatic carbocycles. The molecule has 0 amide bonds. The zero-order valence-electron chi connectivity index (χ0n) is 11.1. The number of rotatable bonds is 7. The highest BCUT2D eigenvalue weighted by atomic mass is 35.5. The van der Waals surface area contributed by atoms with Crippen LogP contribution in [-0.4, -0.2) is 33.5 Å². The highest BCUT2D eigenvalue weighted by Crippen LogP contribution is 2.26. The summed E-state index contributed by atoms with van der Waals surface area (Å²) in [5.74, 6) is 0.0566. The molecule has 0 saturated carbocycles. The van der Waals surface area contributed by atoms with E-state index in [-0.39, 0.29) is 22.4 Å². The summed E-state index contributed by atoms with van der Waals surface area (Å²) < 4.78 is 26.6. The van der Waals surface area contributed by atoms with Crippen LogP contribution in [0.3, 0.4) is 0 Å². The standard InChI is InChI=1S/C11H16ClN3O4S/c1-8(6-13-2)7-14-20(18,19)11-4-3-9(12)5-10(11)15(16)17/h3-5,8,13-14H,6-7H2,1-2H3. The van der Waals surface area contributed by atoms with E-state index >= 15 is 0 Å². The first-order valence-electron chi connectivity index (χ1n) is 5.86. The van der Waals surface area contributed by atoms with Crippen LogP contribution >= 0.6 is 11.6 Å². The lowest BCUT2D eigenvalue weighted by Gasteiger charge is -2.12. The van der Waals surface area contributed by atoms with Crippen molar-refractivity contribution in [2.24, 2.45) is 5.92 Å². The van der Waals surface area contributed by atoms with Crippen LogP contribution in [0.5, 0.6) is 0 Å². The molecule has 1 aromatic carbocycles. The molecule has 9 heteroatoms. The first kappa shape index (κ1) is 16.8. The van der Waals surface area contributed by atoms with Gasteiger partial charge in [0.2, 0.25) is 10.0 Å². The third kappa shape index (κ3) is 4.41. The zero-order chi connectivity index (χ0) is 15.3. The van der Waals surface area contributed by atoms with Gasteiger partial charge >= 0.3 is 0 Å². The van der Waals surface area contributed by atoms with E-state index in [0.29, 0.717) is 6.54 Å². The van der Waals surface area contributed by atoms with Crippen LogP contribution < -0.4 is 10.0 Å². The molecule has 0 saturated heterocycles. The second-order valence-corrected chi connectivity index (χ2v) is 6.56. The minimum Gasteiger partial charge on any atom is -0.319 e. The summed E-state index contributed by atoms with van der Waals surface area (Å²) >= 11 is 5.65. The fourth-order valence-corrected chi connectivity index (χ4v) is 3.09. The van der Waals surface area contributed by atoms with Gasteiger partial charge in [-0.25, -0.2) is 13.1 Å². The van der Waals surface area contributed by atoms with Crippen molar-refractivity contribution in [2.45, 2.75) is 11.8 Å². The van der Waals surface area contributed by atoms with Crippen molar-refractivity contribution in [3.05, 3.63) is 33.3 Å². The lowest BCUT2D eigenvalue weighted by molar-refractivity contribution is -0.387. The fourth-order valence-electron chi connectivity index (χ4n) is 1.61. The molecule has 1 unspecified atom stereocenters. The lowest BCUT2D eigenvalue weighted by Crippen LogP contribution is -2.32. The summed E-state index contributed by atoms with van der Waals surface area (Å²) in [5, 5.41) is 13.9. The molecule has 1 atom stereocenters. The molecule has 0 aromatic heterocycles. The molecule has 0 fully saturated rings. The molecule has 0 spiro atoms. The van der Waals surface area contributed by atoms with E-state index in [1.54, 1.807) is 7.05 Å². The van der Waals surface area contributed by atoms with Crippen LogP contribution in [0.15, 0.2) is 23.1 Å². The van der Waals surface area contributed by atoms with Crippen molar-refractivity contribution >= 4 is 27.3 Å². The molecule has 7 nitrogen and oxygen atoms in total. The van der Waals surface area contributed by atoms with Crippen LogP contribution in [0.25, 0.3) is 0 Å². The summed E-state index contributed by atoms with van der Waals surface area (Å²) in [6, 6.07) is 3.46. The number of nitro benzene ring substituents is 1. The zero-order valence-corrected chi connectivity index (χ0v) is 12.7. The Morgan fingerprint density at radius 2 is 2.05 bits per heavy atom. The predicted molar refractivity (Wildman–Crippen MR) is 76.4 cm³/mol. The number of nitrogens with zero attached hydrogens (tertiary/aromatic N) is 1. The van der Waals surface area contributed by atoms with Crippen molar-refractivity contribution < 1.29 is 13.3 Å². The van der Waals surface area contributed by atoms with Crippen LogP contribution in [-0.2, 0) is 10.0 Å². The van der Waals surface area contributed by atoms with Crippen molar-refractivity contribution in [3.8, 4) is 0 Å². The van der Waals surface area contributed by atoms with E-state index in [2.05, 4.69) is 10.0 Å². The molecular weight excluding hydrogens is 306 g/mol. The van der Waals surface area contributed by atoms with Gasteiger partial charge in [-0.15, -0.1) is 0 Å². The van der Waals surface area contributed by atoms with Gasteiger partial charge in [0.25, 0.3) is 5.69 Å². The maximum Gasteiger partial charge on any atom is 0.290 e. The van der Waals surface area contributed by atoms with Crippen LogP contribution in [0.4, 0.5) is 5.69 Å². The number of halogens is 1. The smallest absolute Gasteiger partial charge is 0.290 e. The van der Waals surface area contributed by atoms with Crippen molar-refractivity contribution in [3.63, 3.8) is 0 Å². The summed E-state index contributed by atoms with van der Waals surface area (Å²) in [6.45, 7) is 2.67. The molecule has 0 aliphatic rings. The van der Waals surface area contributed by atoms with Gasteiger partial charge in [0, 0.05) is 17.6 Å². The summed E-state index contributed by atoms with van der Waals surface area (Å²) in [6.07, 6.45) is 0. The lowest BCUT2D eigenvalue weighted by atomic mass is 10.2. The molecule has 1 aromatic rings. The largest absolute Gasteiger partial charge is 0.319 e. The molecule has 2 N–H and O–H groups in total. The Morgan fingerprint density at radius 3 is 2.60 bits per heavy atom. The number of nitrogens with one attached hydrogen (secondary N) is 2. The van der Waals surface area contributed by atoms with Gasteiger partial charge in [-0.1, -0.05) is 18.5 Å². The van der Waals surface area contributed by atoms with Gasteiger partial charge < -0.3 is 5.32 Å². The molecule has 112 valence electrons. The average Bonchev–Trinajstić information content (AvgIpc) is 2.36. The first-order chi connectivity index (χ1) is 9.27. The molecule has 0 bridgehead atoms. The first-order valence-corrected chi connectivity index (χ1v) is 7.72. The molecule has 0 radical (unpaired) electrons. The molecule has 20 heavy (non-hydrogen) atoms. The average molecular weight is 322 g/mol. The van der Waals surface area contributed by atoms with E-state index in [1.165, 1.54) is 6.07 Å². The van der Waals surface area contributed by atoms with Crippen LogP contribution in [0.2, 0.25) is 5.02 Å². The second kappa shape index (κ2) is 6.98. The van der Waals surface area contributed by atoms with Crippen molar-refractivity contribution in [1.29, 1.82) is 0 Å². The third-order valence-electron chi connectivity index (χ3n) is 2.58. The molecule has 1 rings (SSSR count). The summed E-state index contributed by atoms with van der Waals surface area (Å²) in [5.41, 5.74) is -0.536. The molecule has 0 heterocycles. The van der Waals surface area contributed by atoms with E-state index < -0.39 is 20.6 Å². The number of benzene rings is 1. The SMILES string of the molecule is CNCC(C)CNS(=O)(=O)c1ccc(Cl)cc1[N+](=O)[O-]. The predicted octanol–water partition coefficient (Wildman–Crippen LogP) is 1.38. The van der Waals surface area contributed by atoms with E-state index in [1.807, 2.05) is 6.92 Å². The van der Waals surface area contributed by atoms with E-state index in [9.17, 15) is 18.5 Å². The van der Waals surface area contributed by atoms with Crippen LogP contribution in [0, 0.1) is 16.0 Å². The summed E-state index contributed by atoms with van der Waals surface area (Å²) in [4.78, 5) is 9.75. The molecule has 0 aliphatic heterocycles. The van der Waals surface area contributed by atoms with Gasteiger partial charge in [-0.3, -0.25) is 10.1 Å². The Kier molecular flexibility index (Phi) is 5.88. The number of nitro groups is 1. The summed E-state index contributed by atoms with van der Waals surface area (Å²) in [7, 11) is -2.19. The Morgan fingerprint density at radius 1 is 1.40 bits per heavy atom. The topological polar surface area (TPSA) is 101 Å². The van der Waals surface area contributed by atoms with Crippen LogP contribution in [0.1, 0.15) is 6.92 Å². The minimum absolute atomic E-state index is 0.0566. The number of sulfonamides is 1. The third-order valence-corrected chi connectivity index (χ3v) is 4.29. The van der Waals surface area contributed by atoms with Gasteiger partial charge in [0.1, 0.15) is 0 Å². The van der Waals surface area contributed by atoms with E-state index in [4.69, 9.17) is 11.6 Å². The highest BCUT2D eigenvalue weighted by Gasteiger charge is 2.26. The van der Waals surface area contributed by atoms with Gasteiger partial charge in [0.05, 0.1) is 4.92 Å². The van der Waals surface area contributed by atoms with Gasteiger partial charge in [0.15, 0.2) is 4.90 Å². The van der Waals surface area contributed by atoms with Gasteiger partial charge in [-0.2, -0.15) is 0 Å². The normalized spacial score (nSPS) is 13.2. The highest BCUT2D eigenvalue weighted by molar-refractivity contribution is 7.89. The van der Waals surface area contributed by atoms with Crippen molar-refractivity contribution in [2.75, 3.05) is 20.1 Å². The Labute approximate surface area is 122 Å². The molecular formula is C11H16ClN3O4S. The maximum absolute atomic E-state index is 12.1. The van der Waals surface area contributed by atoms with E-state index in [0.717, 1.165) is 12.1 Å². The Bertz CT molecular complexity index is 591. The fraction of sp³-hybridized carbons (Fsp3) is 0.455. The quantitative estimate of drug-likeness (QED) is 0.583. The minimum atomic E-state index is -3.94. The monoisotopic (exact) mass is 321 g/mol. The second-order valence-electron chi connectivity index (χ2n) is 4.38. The maximum atomic E-state index is 12.1. The van der Waals surface area contributed by atoms with Gasteiger partial charge in [-0.05, 0) is 31.6 Å².